The maximum atomic E-state index is 5.06. The molecule has 6 heteroatoms. The molecule has 0 radical (unpaired) electrons. The molecule has 0 unspecified atom stereocenters. The lowest BCUT2D eigenvalue weighted by atomic mass is 10.2. The first kappa shape index (κ1) is 21.5. The number of hydrogen-bond donors (Lipinski definition) is 2. The molecular formula is C21H29IN4O. The second-order valence-electron chi connectivity index (χ2n) is 6.32. The minimum Gasteiger partial charge on any atom is -0.383 e. The van der Waals surface area contributed by atoms with Gasteiger partial charge in [0, 0.05) is 38.1 Å². The van der Waals surface area contributed by atoms with Crippen LogP contribution in [0.15, 0.2) is 53.5 Å². The lowest BCUT2D eigenvalue weighted by Crippen LogP contribution is -2.40. The first-order valence-electron chi connectivity index (χ1n) is 9.27. The first-order valence-corrected chi connectivity index (χ1v) is 9.27. The lowest BCUT2D eigenvalue weighted by molar-refractivity contribution is 0.211. The lowest BCUT2D eigenvalue weighted by Gasteiger charge is -2.22. The Bertz CT molecular complexity index is 733. The molecule has 0 atom stereocenters. The maximum absolute atomic E-state index is 5.06. The fraction of sp³-hybridized carbons (Fsp3) is 0.381. The van der Waals surface area contributed by atoms with E-state index in [-0.39, 0.29) is 24.0 Å². The van der Waals surface area contributed by atoms with E-state index in [1.54, 1.807) is 7.11 Å². The third-order valence-electron chi connectivity index (χ3n) is 4.48. The van der Waals surface area contributed by atoms with Crippen LogP contribution in [0.1, 0.15) is 18.1 Å². The second kappa shape index (κ2) is 11.1. The second-order valence-corrected chi connectivity index (χ2v) is 6.32. The highest BCUT2D eigenvalue weighted by Gasteiger charge is 2.22. The number of fused-ring (bicyclic) bond motifs is 1. The van der Waals surface area contributed by atoms with Crippen LogP contribution < -0.4 is 15.5 Å². The van der Waals surface area contributed by atoms with Crippen molar-refractivity contribution in [3.63, 3.8) is 0 Å². The van der Waals surface area contributed by atoms with Gasteiger partial charge >= 0.3 is 0 Å². The molecule has 0 amide bonds. The molecule has 2 aromatic rings. The molecule has 0 aliphatic carbocycles. The molecule has 27 heavy (non-hydrogen) atoms. The van der Waals surface area contributed by atoms with E-state index in [1.165, 1.54) is 16.8 Å². The number of para-hydroxylation sites is 1. The molecule has 2 aromatic carbocycles. The van der Waals surface area contributed by atoms with Gasteiger partial charge in [0.2, 0.25) is 0 Å². The molecule has 0 aromatic heterocycles. The van der Waals surface area contributed by atoms with Crippen LogP contribution in [0.4, 0.5) is 11.4 Å². The van der Waals surface area contributed by atoms with Crippen molar-refractivity contribution in [3.8, 4) is 0 Å². The Morgan fingerprint density at radius 1 is 1.15 bits per heavy atom. The summed E-state index contributed by atoms with van der Waals surface area (Å²) in [4.78, 5) is 7.15. The normalized spacial score (nSPS) is 13.1. The zero-order valence-corrected chi connectivity index (χ0v) is 18.4. The van der Waals surface area contributed by atoms with E-state index >= 15 is 0 Å². The summed E-state index contributed by atoms with van der Waals surface area (Å²) in [6.45, 7) is 6.13. The Morgan fingerprint density at radius 3 is 2.67 bits per heavy atom. The van der Waals surface area contributed by atoms with Gasteiger partial charge in [-0.1, -0.05) is 30.3 Å². The van der Waals surface area contributed by atoms with Gasteiger partial charge in [0.1, 0.15) is 0 Å². The summed E-state index contributed by atoms with van der Waals surface area (Å²) in [6.07, 6.45) is 1.07. The fourth-order valence-corrected chi connectivity index (χ4v) is 3.14. The van der Waals surface area contributed by atoms with Crippen LogP contribution in [-0.2, 0) is 17.7 Å². The first-order chi connectivity index (χ1) is 12.8. The quantitative estimate of drug-likeness (QED) is 0.273. The standard InChI is InChI=1S/C21H28N4O.HI/c1-3-22-21(25-14-12-18-6-4-5-7-20(18)25)24-16-17-8-10-19(11-9-17)23-13-15-26-2;/h4-11,23H,3,12-16H2,1-2H3,(H,22,24);1H. The molecule has 0 saturated heterocycles. The number of hydrogen-bond acceptors (Lipinski definition) is 3. The predicted octanol–water partition coefficient (Wildman–Crippen LogP) is 3.89. The molecule has 0 bridgehead atoms. The van der Waals surface area contributed by atoms with Gasteiger partial charge in [-0.15, -0.1) is 24.0 Å². The smallest absolute Gasteiger partial charge is 0.198 e. The number of guanidine groups is 1. The molecule has 0 saturated carbocycles. The fourth-order valence-electron chi connectivity index (χ4n) is 3.14. The Kier molecular flexibility index (Phi) is 8.87. The Morgan fingerprint density at radius 2 is 1.93 bits per heavy atom. The van der Waals surface area contributed by atoms with Crippen molar-refractivity contribution in [1.82, 2.24) is 5.32 Å². The van der Waals surface area contributed by atoms with Gasteiger partial charge in [-0.3, -0.25) is 0 Å². The number of nitrogens with zero attached hydrogens (tertiary/aromatic N) is 2. The molecule has 0 fully saturated rings. The van der Waals surface area contributed by atoms with E-state index in [2.05, 4.69) is 71.0 Å². The topological polar surface area (TPSA) is 48.9 Å². The van der Waals surface area contributed by atoms with Crippen molar-refractivity contribution in [2.75, 3.05) is 43.6 Å². The number of halogens is 1. The SMILES string of the molecule is CCNC(=NCc1ccc(NCCOC)cc1)N1CCc2ccccc21.I. The molecule has 146 valence electrons. The average molecular weight is 480 g/mol. The summed E-state index contributed by atoms with van der Waals surface area (Å²) in [7, 11) is 1.71. The highest BCUT2D eigenvalue weighted by molar-refractivity contribution is 14.0. The zero-order chi connectivity index (χ0) is 18.2. The van der Waals surface area contributed by atoms with Crippen LogP contribution in [0.5, 0.6) is 0 Å². The molecular weight excluding hydrogens is 451 g/mol. The van der Waals surface area contributed by atoms with Crippen molar-refractivity contribution < 1.29 is 4.74 Å². The average Bonchev–Trinajstić information content (AvgIpc) is 3.10. The molecule has 1 heterocycles. The van der Waals surface area contributed by atoms with Crippen molar-refractivity contribution in [1.29, 1.82) is 0 Å². The van der Waals surface area contributed by atoms with Crippen LogP contribution >= 0.6 is 24.0 Å². The van der Waals surface area contributed by atoms with Crippen LogP contribution in [0.2, 0.25) is 0 Å². The maximum Gasteiger partial charge on any atom is 0.198 e. The summed E-state index contributed by atoms with van der Waals surface area (Å²) in [6, 6.07) is 17.0. The Hall–Kier alpha value is -1.80. The summed E-state index contributed by atoms with van der Waals surface area (Å²) in [5.74, 6) is 0.958. The number of anilines is 2. The third-order valence-corrected chi connectivity index (χ3v) is 4.48. The minimum absolute atomic E-state index is 0. The molecule has 3 rings (SSSR count). The largest absolute Gasteiger partial charge is 0.383 e. The van der Waals surface area contributed by atoms with Gasteiger partial charge in [0.15, 0.2) is 5.96 Å². The van der Waals surface area contributed by atoms with E-state index < -0.39 is 0 Å². The number of rotatable bonds is 7. The van der Waals surface area contributed by atoms with Crippen molar-refractivity contribution in [2.24, 2.45) is 4.99 Å². The van der Waals surface area contributed by atoms with E-state index in [4.69, 9.17) is 9.73 Å². The third kappa shape index (κ3) is 5.84. The number of aliphatic imine (C=N–C) groups is 1. The van der Waals surface area contributed by atoms with Crippen LogP contribution in [-0.4, -0.2) is 39.3 Å². The van der Waals surface area contributed by atoms with E-state index in [0.717, 1.165) is 37.7 Å². The molecule has 1 aliphatic heterocycles. The van der Waals surface area contributed by atoms with Crippen LogP contribution in [0.3, 0.4) is 0 Å². The van der Waals surface area contributed by atoms with E-state index in [9.17, 15) is 0 Å². The van der Waals surface area contributed by atoms with Gasteiger partial charge in [-0.05, 0) is 42.7 Å². The Balaban J connectivity index is 0.00000261. The highest BCUT2D eigenvalue weighted by Crippen LogP contribution is 2.27. The molecule has 5 nitrogen and oxygen atoms in total. The van der Waals surface area contributed by atoms with Crippen molar-refractivity contribution in [2.45, 2.75) is 19.9 Å². The van der Waals surface area contributed by atoms with Crippen molar-refractivity contribution in [3.05, 3.63) is 59.7 Å². The zero-order valence-electron chi connectivity index (χ0n) is 16.1. The number of benzene rings is 2. The van der Waals surface area contributed by atoms with E-state index in [1.807, 2.05) is 0 Å². The molecule has 1 aliphatic rings. The summed E-state index contributed by atoms with van der Waals surface area (Å²) < 4.78 is 5.06. The van der Waals surface area contributed by atoms with Gasteiger partial charge in [-0.25, -0.2) is 4.99 Å². The van der Waals surface area contributed by atoms with Crippen LogP contribution in [0, 0.1) is 0 Å². The Labute approximate surface area is 179 Å². The summed E-state index contributed by atoms with van der Waals surface area (Å²) in [5, 5.41) is 6.76. The minimum atomic E-state index is 0. The highest BCUT2D eigenvalue weighted by atomic mass is 127. The predicted molar refractivity (Wildman–Crippen MR) is 125 cm³/mol. The monoisotopic (exact) mass is 480 g/mol. The molecule has 2 N–H and O–H groups in total. The molecule has 0 spiro atoms. The van der Waals surface area contributed by atoms with Gasteiger partial charge in [0.25, 0.3) is 0 Å². The van der Waals surface area contributed by atoms with E-state index in [0.29, 0.717) is 13.2 Å². The number of methoxy groups -OCH3 is 1. The van der Waals surface area contributed by atoms with Crippen LogP contribution in [0.25, 0.3) is 0 Å². The van der Waals surface area contributed by atoms with Gasteiger partial charge in [0.05, 0.1) is 13.2 Å². The summed E-state index contributed by atoms with van der Waals surface area (Å²) >= 11 is 0. The van der Waals surface area contributed by atoms with Gasteiger partial charge in [-0.2, -0.15) is 0 Å². The summed E-state index contributed by atoms with van der Waals surface area (Å²) in [5.41, 5.74) is 4.97. The number of nitrogens with one attached hydrogen (secondary N) is 2. The van der Waals surface area contributed by atoms with Crippen molar-refractivity contribution >= 4 is 41.3 Å². The number of ether oxygens (including phenoxy) is 1. The van der Waals surface area contributed by atoms with Gasteiger partial charge < -0.3 is 20.3 Å².